The van der Waals surface area contributed by atoms with Crippen LogP contribution in [0.15, 0.2) is 18.2 Å². The third kappa shape index (κ3) is 3.65. The second-order valence-electron chi connectivity index (χ2n) is 5.46. The SMILES string of the molecule is CC1CCCN(C(=O)Nc2cccc(C(=O)O)c2O)CC1. The quantitative estimate of drug-likeness (QED) is 0.731. The van der Waals surface area contributed by atoms with Gasteiger partial charge in [0.2, 0.25) is 0 Å². The molecule has 0 aromatic heterocycles. The monoisotopic (exact) mass is 292 g/mol. The minimum atomic E-state index is -1.23. The molecule has 0 spiro atoms. The molecule has 1 heterocycles. The summed E-state index contributed by atoms with van der Waals surface area (Å²) in [6.45, 7) is 3.52. The highest BCUT2D eigenvalue weighted by Crippen LogP contribution is 2.28. The van der Waals surface area contributed by atoms with Crippen LogP contribution in [0.25, 0.3) is 0 Å². The minimum absolute atomic E-state index is 0.122. The molecule has 0 saturated carbocycles. The predicted octanol–water partition coefficient (Wildman–Crippen LogP) is 2.74. The highest BCUT2D eigenvalue weighted by atomic mass is 16.4. The highest BCUT2D eigenvalue weighted by Gasteiger charge is 2.20. The van der Waals surface area contributed by atoms with Gasteiger partial charge in [0.15, 0.2) is 5.75 Å². The van der Waals surface area contributed by atoms with Crippen LogP contribution in [0, 0.1) is 5.92 Å². The first-order valence-electron chi connectivity index (χ1n) is 7.10. The normalized spacial score (nSPS) is 18.9. The van der Waals surface area contributed by atoms with Crippen molar-refractivity contribution in [1.29, 1.82) is 0 Å². The van der Waals surface area contributed by atoms with Gasteiger partial charge in [-0.25, -0.2) is 9.59 Å². The zero-order valence-electron chi connectivity index (χ0n) is 12.0. The Labute approximate surface area is 123 Å². The van der Waals surface area contributed by atoms with Gasteiger partial charge in [-0.15, -0.1) is 0 Å². The number of anilines is 1. The first-order valence-corrected chi connectivity index (χ1v) is 7.10. The van der Waals surface area contributed by atoms with Crippen LogP contribution in [-0.2, 0) is 0 Å². The van der Waals surface area contributed by atoms with Crippen LogP contribution in [0.2, 0.25) is 0 Å². The Bertz CT molecular complexity index is 544. The number of amides is 2. The molecule has 21 heavy (non-hydrogen) atoms. The van der Waals surface area contributed by atoms with E-state index in [1.54, 1.807) is 4.90 Å². The lowest BCUT2D eigenvalue weighted by Gasteiger charge is -2.21. The number of hydrogen-bond acceptors (Lipinski definition) is 3. The minimum Gasteiger partial charge on any atom is -0.505 e. The second-order valence-corrected chi connectivity index (χ2v) is 5.46. The zero-order valence-corrected chi connectivity index (χ0v) is 12.0. The molecule has 2 amide bonds. The van der Waals surface area contributed by atoms with Crippen LogP contribution < -0.4 is 5.32 Å². The van der Waals surface area contributed by atoms with Gasteiger partial charge in [-0.2, -0.15) is 0 Å². The van der Waals surface area contributed by atoms with E-state index in [1.165, 1.54) is 18.2 Å². The number of carbonyl (C=O) groups is 2. The predicted molar refractivity (Wildman–Crippen MR) is 78.7 cm³/mol. The molecule has 6 heteroatoms. The Morgan fingerprint density at radius 2 is 2.05 bits per heavy atom. The zero-order chi connectivity index (χ0) is 15.4. The van der Waals surface area contributed by atoms with Crippen LogP contribution >= 0.6 is 0 Å². The van der Waals surface area contributed by atoms with E-state index in [9.17, 15) is 14.7 Å². The third-order valence-corrected chi connectivity index (χ3v) is 3.81. The number of rotatable bonds is 2. The summed E-state index contributed by atoms with van der Waals surface area (Å²) >= 11 is 0. The van der Waals surface area contributed by atoms with Crippen molar-refractivity contribution >= 4 is 17.7 Å². The lowest BCUT2D eigenvalue weighted by atomic mass is 10.0. The van der Waals surface area contributed by atoms with E-state index >= 15 is 0 Å². The summed E-state index contributed by atoms with van der Waals surface area (Å²) < 4.78 is 0. The summed E-state index contributed by atoms with van der Waals surface area (Å²) in [5.74, 6) is -1.04. The molecule has 1 aromatic rings. The Morgan fingerprint density at radius 3 is 2.76 bits per heavy atom. The molecule has 114 valence electrons. The van der Waals surface area contributed by atoms with E-state index in [1.807, 2.05) is 0 Å². The number of nitrogens with zero attached hydrogens (tertiary/aromatic N) is 1. The van der Waals surface area contributed by atoms with Gasteiger partial charge in [0.25, 0.3) is 0 Å². The summed E-state index contributed by atoms with van der Waals surface area (Å²) in [6, 6.07) is 3.96. The molecule has 1 fully saturated rings. The number of carboxylic acids is 1. The van der Waals surface area contributed by atoms with Gasteiger partial charge in [0.1, 0.15) is 5.56 Å². The second kappa shape index (κ2) is 6.47. The molecule has 1 aliphatic rings. The summed E-state index contributed by atoms with van der Waals surface area (Å²) in [5.41, 5.74) is -0.102. The van der Waals surface area contributed by atoms with Crippen LogP contribution in [-0.4, -0.2) is 40.2 Å². The maximum atomic E-state index is 12.2. The molecular formula is C15H20N2O4. The smallest absolute Gasteiger partial charge is 0.339 e. The number of para-hydroxylation sites is 1. The standard InChI is InChI=1S/C15H20N2O4/c1-10-4-3-8-17(9-7-10)15(21)16-12-6-2-5-11(13(12)18)14(19)20/h2,5-6,10,18H,3-4,7-9H2,1H3,(H,16,21)(H,19,20). The maximum Gasteiger partial charge on any atom is 0.339 e. The summed E-state index contributed by atoms with van der Waals surface area (Å²) in [6.07, 6.45) is 3.01. The van der Waals surface area contributed by atoms with Crippen molar-refractivity contribution in [2.45, 2.75) is 26.2 Å². The van der Waals surface area contributed by atoms with Crippen molar-refractivity contribution in [2.24, 2.45) is 5.92 Å². The van der Waals surface area contributed by atoms with Gasteiger partial charge in [-0.3, -0.25) is 0 Å². The third-order valence-electron chi connectivity index (χ3n) is 3.81. The average molecular weight is 292 g/mol. The van der Waals surface area contributed by atoms with Gasteiger partial charge >= 0.3 is 12.0 Å². The molecule has 1 aromatic carbocycles. The number of carbonyl (C=O) groups excluding carboxylic acids is 1. The molecule has 1 aliphatic heterocycles. The van der Waals surface area contributed by atoms with Crippen LogP contribution in [0.3, 0.4) is 0 Å². The Morgan fingerprint density at radius 1 is 1.29 bits per heavy atom. The van der Waals surface area contributed by atoms with Crippen molar-refractivity contribution < 1.29 is 19.8 Å². The summed E-state index contributed by atoms with van der Waals surface area (Å²) in [4.78, 5) is 24.9. The summed E-state index contributed by atoms with van der Waals surface area (Å²) in [5, 5.41) is 21.4. The Balaban J connectivity index is 2.09. The Kier molecular flexibility index (Phi) is 4.67. The first kappa shape index (κ1) is 15.2. The Hall–Kier alpha value is -2.24. The number of urea groups is 1. The van der Waals surface area contributed by atoms with Crippen LogP contribution in [0.4, 0.5) is 10.5 Å². The number of hydrogen-bond donors (Lipinski definition) is 3. The number of likely N-dealkylation sites (tertiary alicyclic amines) is 1. The molecule has 1 unspecified atom stereocenters. The number of carboxylic acid groups (broad SMARTS) is 1. The molecule has 3 N–H and O–H groups in total. The molecule has 6 nitrogen and oxygen atoms in total. The van der Waals surface area contributed by atoms with Crippen molar-refractivity contribution in [2.75, 3.05) is 18.4 Å². The van der Waals surface area contributed by atoms with E-state index in [0.29, 0.717) is 19.0 Å². The fraction of sp³-hybridized carbons (Fsp3) is 0.467. The fourth-order valence-corrected chi connectivity index (χ4v) is 2.48. The lowest BCUT2D eigenvalue weighted by Crippen LogP contribution is -2.35. The van der Waals surface area contributed by atoms with Gasteiger partial charge in [0, 0.05) is 13.1 Å². The molecule has 1 saturated heterocycles. The van der Waals surface area contributed by atoms with Crippen molar-refractivity contribution in [3.63, 3.8) is 0 Å². The highest BCUT2D eigenvalue weighted by molar-refractivity contribution is 5.97. The number of phenols is 1. The number of nitrogens with one attached hydrogen (secondary N) is 1. The molecular weight excluding hydrogens is 272 g/mol. The molecule has 2 rings (SSSR count). The topological polar surface area (TPSA) is 89.9 Å². The van der Waals surface area contributed by atoms with Crippen molar-refractivity contribution in [3.8, 4) is 5.75 Å². The maximum absolute atomic E-state index is 12.2. The first-order chi connectivity index (χ1) is 9.99. The van der Waals surface area contributed by atoms with E-state index in [0.717, 1.165) is 19.3 Å². The van der Waals surface area contributed by atoms with Crippen molar-refractivity contribution in [1.82, 2.24) is 4.90 Å². The van der Waals surface area contributed by atoms with E-state index in [-0.39, 0.29) is 17.3 Å². The summed E-state index contributed by atoms with van der Waals surface area (Å²) in [7, 11) is 0. The largest absolute Gasteiger partial charge is 0.505 e. The fourth-order valence-electron chi connectivity index (χ4n) is 2.48. The number of aromatic hydroxyl groups is 1. The van der Waals surface area contributed by atoms with E-state index < -0.39 is 11.7 Å². The van der Waals surface area contributed by atoms with Gasteiger partial charge in [0.05, 0.1) is 5.69 Å². The van der Waals surface area contributed by atoms with Gasteiger partial charge < -0.3 is 20.4 Å². The number of aromatic carboxylic acids is 1. The van der Waals surface area contributed by atoms with Gasteiger partial charge in [-0.05, 0) is 37.3 Å². The van der Waals surface area contributed by atoms with E-state index in [2.05, 4.69) is 12.2 Å². The van der Waals surface area contributed by atoms with Crippen molar-refractivity contribution in [3.05, 3.63) is 23.8 Å². The van der Waals surface area contributed by atoms with Crippen LogP contribution in [0.5, 0.6) is 5.75 Å². The average Bonchev–Trinajstić information content (AvgIpc) is 2.65. The van der Waals surface area contributed by atoms with Gasteiger partial charge in [-0.1, -0.05) is 13.0 Å². The molecule has 1 atom stereocenters. The molecule has 0 aliphatic carbocycles. The lowest BCUT2D eigenvalue weighted by molar-refractivity contribution is 0.0693. The molecule has 0 radical (unpaired) electrons. The number of benzene rings is 1. The van der Waals surface area contributed by atoms with E-state index in [4.69, 9.17) is 5.11 Å². The molecule has 0 bridgehead atoms. The van der Waals surface area contributed by atoms with Crippen LogP contribution in [0.1, 0.15) is 36.5 Å².